The van der Waals surface area contributed by atoms with Gasteiger partial charge in [-0.25, -0.2) is 9.37 Å². The van der Waals surface area contributed by atoms with E-state index in [1.54, 1.807) is 33.5 Å². The first-order chi connectivity index (χ1) is 13.8. The summed E-state index contributed by atoms with van der Waals surface area (Å²) in [7, 11) is 4.83. The normalized spacial score (nSPS) is 22.6. The van der Waals surface area contributed by atoms with Crippen molar-refractivity contribution in [2.24, 2.45) is 0 Å². The standard InChI is InChI=1S/C21H24ClFN4O2/c1-27(2)20(28)15-14(24)5-4-12(18(15)23)13-9-25-19-16(17(13)22)21(10-26-19)7-6-11(8-21)29-3/h4-5,9,11H,6-8,10,24H2,1-3H3,(H,25,26)/t11-,21-/m1/s1. The van der Waals surface area contributed by atoms with Crippen molar-refractivity contribution in [3.05, 3.63) is 40.3 Å². The fourth-order valence-electron chi connectivity index (χ4n) is 4.54. The zero-order valence-electron chi connectivity index (χ0n) is 16.7. The lowest BCUT2D eigenvalue weighted by Gasteiger charge is -2.25. The molecule has 0 saturated heterocycles. The third-order valence-corrected chi connectivity index (χ3v) is 6.51. The van der Waals surface area contributed by atoms with Gasteiger partial charge >= 0.3 is 0 Å². The van der Waals surface area contributed by atoms with Crippen molar-refractivity contribution >= 4 is 29.0 Å². The number of amides is 1. The molecule has 6 nitrogen and oxygen atoms in total. The number of pyridine rings is 1. The van der Waals surface area contributed by atoms with Crippen molar-refractivity contribution < 1.29 is 13.9 Å². The van der Waals surface area contributed by atoms with E-state index in [-0.39, 0.29) is 28.3 Å². The Morgan fingerprint density at radius 2 is 2.17 bits per heavy atom. The van der Waals surface area contributed by atoms with Crippen LogP contribution in [0.1, 0.15) is 35.2 Å². The molecule has 1 aliphatic carbocycles. The van der Waals surface area contributed by atoms with E-state index >= 15 is 4.39 Å². The maximum atomic E-state index is 15.4. The summed E-state index contributed by atoms with van der Waals surface area (Å²) >= 11 is 6.84. The molecule has 4 rings (SSSR count). The van der Waals surface area contributed by atoms with Gasteiger partial charge in [-0.2, -0.15) is 0 Å². The van der Waals surface area contributed by atoms with E-state index in [1.165, 1.54) is 11.0 Å². The van der Waals surface area contributed by atoms with Crippen LogP contribution in [0.2, 0.25) is 5.02 Å². The topological polar surface area (TPSA) is 80.5 Å². The summed E-state index contributed by atoms with van der Waals surface area (Å²) in [6.45, 7) is 0.729. The molecule has 1 fully saturated rings. The third-order valence-electron chi connectivity index (χ3n) is 6.12. The van der Waals surface area contributed by atoms with Crippen LogP contribution in [0.4, 0.5) is 15.9 Å². The van der Waals surface area contributed by atoms with Crippen molar-refractivity contribution in [1.82, 2.24) is 9.88 Å². The molecule has 1 aromatic carbocycles. The highest BCUT2D eigenvalue weighted by Crippen LogP contribution is 2.52. The SMILES string of the molecule is CO[C@@H]1CC[C@]2(CNc3ncc(-c4ccc(N)c(C(=O)N(C)C)c4F)c(Cl)c32)C1. The first-order valence-corrected chi connectivity index (χ1v) is 9.92. The lowest BCUT2D eigenvalue weighted by molar-refractivity contribution is 0.0824. The maximum Gasteiger partial charge on any atom is 0.258 e. The molecular weight excluding hydrogens is 395 g/mol. The van der Waals surface area contributed by atoms with Gasteiger partial charge in [-0.3, -0.25) is 4.79 Å². The van der Waals surface area contributed by atoms with Gasteiger partial charge in [0.05, 0.1) is 16.7 Å². The van der Waals surface area contributed by atoms with E-state index < -0.39 is 11.7 Å². The van der Waals surface area contributed by atoms with E-state index in [9.17, 15) is 4.79 Å². The Morgan fingerprint density at radius 3 is 2.83 bits per heavy atom. The molecule has 29 heavy (non-hydrogen) atoms. The van der Waals surface area contributed by atoms with Gasteiger partial charge in [0, 0.05) is 61.7 Å². The highest BCUT2D eigenvalue weighted by atomic mass is 35.5. The van der Waals surface area contributed by atoms with E-state index in [0.29, 0.717) is 10.6 Å². The first kappa shape index (κ1) is 19.9. The van der Waals surface area contributed by atoms with E-state index in [2.05, 4.69) is 10.3 Å². The fourth-order valence-corrected chi connectivity index (χ4v) is 4.98. The zero-order valence-corrected chi connectivity index (χ0v) is 17.4. The zero-order chi connectivity index (χ0) is 20.9. The van der Waals surface area contributed by atoms with Crippen molar-refractivity contribution in [3.63, 3.8) is 0 Å². The van der Waals surface area contributed by atoms with Crippen LogP contribution >= 0.6 is 11.6 Å². The number of carbonyl (C=O) groups is 1. The van der Waals surface area contributed by atoms with Crippen LogP contribution in [-0.2, 0) is 10.2 Å². The van der Waals surface area contributed by atoms with Gasteiger partial charge in [0.25, 0.3) is 5.91 Å². The molecule has 1 aliphatic heterocycles. The molecule has 0 radical (unpaired) electrons. The number of ether oxygens (including phenoxy) is 1. The number of benzene rings is 1. The Kier molecular flexibility index (Phi) is 4.91. The van der Waals surface area contributed by atoms with Crippen LogP contribution in [0.5, 0.6) is 0 Å². The second-order valence-corrected chi connectivity index (χ2v) is 8.41. The summed E-state index contributed by atoms with van der Waals surface area (Å²) in [6.07, 6.45) is 4.41. The number of nitrogens with zero attached hydrogens (tertiary/aromatic N) is 2. The number of nitrogens with two attached hydrogens (primary N) is 1. The monoisotopic (exact) mass is 418 g/mol. The molecule has 1 amide bonds. The molecule has 8 heteroatoms. The number of nitrogen functional groups attached to an aromatic ring is 1. The Hall–Kier alpha value is -2.38. The average molecular weight is 419 g/mol. The van der Waals surface area contributed by atoms with Crippen LogP contribution in [0.15, 0.2) is 18.3 Å². The minimum Gasteiger partial charge on any atom is -0.398 e. The number of aromatic nitrogens is 1. The number of methoxy groups -OCH3 is 1. The predicted molar refractivity (Wildman–Crippen MR) is 112 cm³/mol. The quantitative estimate of drug-likeness (QED) is 0.743. The first-order valence-electron chi connectivity index (χ1n) is 9.54. The molecule has 1 aromatic heterocycles. The van der Waals surface area contributed by atoms with Gasteiger partial charge in [0.2, 0.25) is 0 Å². The molecule has 0 bridgehead atoms. The summed E-state index contributed by atoms with van der Waals surface area (Å²) in [5.41, 5.74) is 7.24. The molecule has 154 valence electrons. The number of anilines is 2. The second kappa shape index (κ2) is 7.15. The number of hydrogen-bond donors (Lipinski definition) is 2. The Bertz CT molecular complexity index is 997. The molecule has 2 aliphatic rings. The van der Waals surface area contributed by atoms with Gasteiger partial charge < -0.3 is 20.7 Å². The molecule has 0 unspecified atom stereocenters. The molecular formula is C21H24ClFN4O2. The largest absolute Gasteiger partial charge is 0.398 e. The highest BCUT2D eigenvalue weighted by molar-refractivity contribution is 6.34. The third kappa shape index (κ3) is 3.04. The van der Waals surface area contributed by atoms with Crippen LogP contribution < -0.4 is 11.1 Å². The predicted octanol–water partition coefficient (Wildman–Crippen LogP) is 3.69. The van der Waals surface area contributed by atoms with Crippen LogP contribution in [0, 0.1) is 5.82 Å². The van der Waals surface area contributed by atoms with E-state index in [1.807, 2.05) is 0 Å². The molecule has 2 aromatic rings. The van der Waals surface area contributed by atoms with Gasteiger partial charge in [-0.05, 0) is 31.4 Å². The summed E-state index contributed by atoms with van der Waals surface area (Å²) in [6, 6.07) is 3.08. The number of nitrogens with one attached hydrogen (secondary N) is 1. The lowest BCUT2D eigenvalue weighted by Crippen LogP contribution is -2.26. The second-order valence-electron chi connectivity index (χ2n) is 8.03. The highest BCUT2D eigenvalue weighted by Gasteiger charge is 2.47. The van der Waals surface area contributed by atoms with Crippen LogP contribution in [-0.4, -0.2) is 49.6 Å². The molecule has 2 atom stereocenters. The van der Waals surface area contributed by atoms with Crippen molar-refractivity contribution in [2.75, 3.05) is 38.8 Å². The molecule has 1 spiro atoms. The van der Waals surface area contributed by atoms with E-state index in [0.717, 1.165) is 37.2 Å². The van der Waals surface area contributed by atoms with Crippen molar-refractivity contribution in [3.8, 4) is 11.1 Å². The summed E-state index contributed by atoms with van der Waals surface area (Å²) in [5, 5.41) is 3.80. The van der Waals surface area contributed by atoms with Crippen molar-refractivity contribution in [1.29, 1.82) is 0 Å². The van der Waals surface area contributed by atoms with Crippen LogP contribution in [0.3, 0.4) is 0 Å². The molecule has 2 heterocycles. The summed E-state index contributed by atoms with van der Waals surface area (Å²) in [4.78, 5) is 18.3. The molecule has 3 N–H and O–H groups in total. The fraction of sp³-hybridized carbons (Fsp3) is 0.429. The number of rotatable bonds is 3. The number of carbonyl (C=O) groups excluding carboxylic acids is 1. The Balaban J connectivity index is 1.85. The van der Waals surface area contributed by atoms with Gasteiger partial charge in [-0.1, -0.05) is 11.6 Å². The maximum absolute atomic E-state index is 15.4. The van der Waals surface area contributed by atoms with Crippen LogP contribution in [0.25, 0.3) is 11.1 Å². The summed E-state index contributed by atoms with van der Waals surface area (Å²) in [5.74, 6) is -0.451. The number of halogens is 2. The number of fused-ring (bicyclic) bond motifs is 2. The van der Waals surface area contributed by atoms with E-state index in [4.69, 9.17) is 22.1 Å². The minimum absolute atomic E-state index is 0.0899. The smallest absolute Gasteiger partial charge is 0.258 e. The molecule has 1 saturated carbocycles. The Morgan fingerprint density at radius 1 is 1.41 bits per heavy atom. The van der Waals surface area contributed by atoms with Gasteiger partial charge in [0.15, 0.2) is 0 Å². The average Bonchev–Trinajstić information content (AvgIpc) is 3.27. The summed E-state index contributed by atoms with van der Waals surface area (Å²) < 4.78 is 21.0. The Labute approximate surface area is 174 Å². The number of hydrogen-bond acceptors (Lipinski definition) is 5. The lowest BCUT2D eigenvalue weighted by atomic mass is 9.80. The van der Waals surface area contributed by atoms with Crippen molar-refractivity contribution in [2.45, 2.75) is 30.8 Å². The van der Waals surface area contributed by atoms with Gasteiger partial charge in [0.1, 0.15) is 11.6 Å². The minimum atomic E-state index is -0.687. The van der Waals surface area contributed by atoms with Gasteiger partial charge in [-0.15, -0.1) is 0 Å².